The quantitative estimate of drug-likeness (QED) is 0.627. The molecule has 1 aromatic rings. The molecule has 0 fully saturated rings. The first kappa shape index (κ1) is 15.6. The molecule has 1 atom stereocenters. The first-order valence-corrected chi connectivity index (χ1v) is 7.60. The molecule has 0 aliphatic carbocycles. The van der Waals surface area contributed by atoms with Crippen LogP contribution in [0.4, 0.5) is 0 Å². The summed E-state index contributed by atoms with van der Waals surface area (Å²) in [5.74, 6) is 1.52. The summed E-state index contributed by atoms with van der Waals surface area (Å²) in [5.41, 5.74) is 1.06. The SMILES string of the molecule is CCCC(Cl)c1cc(OCC)c(OCC)cc1Br. The molecule has 0 aromatic heterocycles. The fourth-order valence-corrected chi connectivity index (χ4v) is 2.87. The van der Waals surface area contributed by atoms with E-state index in [9.17, 15) is 0 Å². The van der Waals surface area contributed by atoms with Crippen LogP contribution in [0.25, 0.3) is 0 Å². The average molecular weight is 336 g/mol. The van der Waals surface area contributed by atoms with Crippen molar-refractivity contribution < 1.29 is 9.47 Å². The van der Waals surface area contributed by atoms with Crippen molar-refractivity contribution in [3.8, 4) is 11.5 Å². The zero-order valence-corrected chi connectivity index (χ0v) is 13.5. The van der Waals surface area contributed by atoms with Crippen LogP contribution in [0.15, 0.2) is 16.6 Å². The lowest BCUT2D eigenvalue weighted by molar-refractivity contribution is 0.287. The van der Waals surface area contributed by atoms with Crippen LogP contribution in [-0.2, 0) is 0 Å². The van der Waals surface area contributed by atoms with Gasteiger partial charge in [0.2, 0.25) is 0 Å². The summed E-state index contributed by atoms with van der Waals surface area (Å²) in [7, 11) is 0. The van der Waals surface area contributed by atoms with Crippen LogP contribution in [0.1, 0.15) is 44.6 Å². The fraction of sp³-hybridized carbons (Fsp3) is 0.571. The molecule has 0 aliphatic rings. The van der Waals surface area contributed by atoms with Crippen molar-refractivity contribution >= 4 is 27.5 Å². The molecule has 0 amide bonds. The van der Waals surface area contributed by atoms with E-state index in [0.717, 1.165) is 34.4 Å². The Morgan fingerprint density at radius 2 is 1.67 bits per heavy atom. The standard InChI is InChI=1S/C14H20BrClO2/c1-4-7-12(16)10-8-13(17-5-2)14(18-6-3)9-11(10)15/h8-9,12H,4-7H2,1-3H3. The summed E-state index contributed by atoms with van der Waals surface area (Å²) >= 11 is 9.94. The van der Waals surface area contributed by atoms with Crippen molar-refractivity contribution in [2.75, 3.05) is 13.2 Å². The third kappa shape index (κ3) is 4.06. The first-order valence-electron chi connectivity index (χ1n) is 6.37. The molecule has 18 heavy (non-hydrogen) atoms. The summed E-state index contributed by atoms with van der Waals surface area (Å²) in [6.07, 6.45) is 2.00. The van der Waals surface area contributed by atoms with Gasteiger partial charge in [0.1, 0.15) is 0 Å². The molecule has 1 aromatic carbocycles. The molecular formula is C14H20BrClO2. The van der Waals surface area contributed by atoms with E-state index < -0.39 is 0 Å². The van der Waals surface area contributed by atoms with Crippen LogP contribution in [0.3, 0.4) is 0 Å². The Morgan fingerprint density at radius 3 is 2.17 bits per heavy atom. The van der Waals surface area contributed by atoms with Gasteiger partial charge in [-0.3, -0.25) is 0 Å². The molecule has 0 bridgehead atoms. The largest absolute Gasteiger partial charge is 0.490 e. The fourth-order valence-electron chi connectivity index (χ4n) is 1.74. The molecule has 4 heteroatoms. The minimum atomic E-state index is -0.000687. The van der Waals surface area contributed by atoms with E-state index in [1.54, 1.807) is 0 Å². The zero-order valence-electron chi connectivity index (χ0n) is 11.1. The van der Waals surface area contributed by atoms with Gasteiger partial charge in [-0.05, 0) is 38.0 Å². The van der Waals surface area contributed by atoms with Crippen molar-refractivity contribution in [1.29, 1.82) is 0 Å². The van der Waals surface area contributed by atoms with Crippen molar-refractivity contribution in [2.24, 2.45) is 0 Å². The average Bonchev–Trinajstić information content (AvgIpc) is 2.33. The van der Waals surface area contributed by atoms with Gasteiger partial charge < -0.3 is 9.47 Å². The van der Waals surface area contributed by atoms with E-state index in [2.05, 4.69) is 22.9 Å². The second-order valence-corrected chi connectivity index (χ2v) is 5.32. The zero-order chi connectivity index (χ0) is 13.5. The lowest BCUT2D eigenvalue weighted by atomic mass is 10.1. The molecule has 0 heterocycles. The molecule has 1 rings (SSSR count). The number of halogens is 2. The third-order valence-electron chi connectivity index (χ3n) is 2.54. The van der Waals surface area contributed by atoms with Gasteiger partial charge in [-0.25, -0.2) is 0 Å². The van der Waals surface area contributed by atoms with Crippen LogP contribution in [0, 0.1) is 0 Å². The number of hydrogen-bond donors (Lipinski definition) is 0. The predicted octanol–water partition coefficient (Wildman–Crippen LogP) is 5.33. The van der Waals surface area contributed by atoms with Crippen LogP contribution < -0.4 is 9.47 Å². The number of benzene rings is 1. The maximum absolute atomic E-state index is 6.39. The topological polar surface area (TPSA) is 18.5 Å². The molecule has 0 radical (unpaired) electrons. The molecule has 1 unspecified atom stereocenters. The Balaban J connectivity index is 3.09. The Labute approximate surface area is 123 Å². The Morgan fingerprint density at radius 1 is 1.11 bits per heavy atom. The first-order chi connectivity index (χ1) is 8.63. The summed E-state index contributed by atoms with van der Waals surface area (Å²) in [6.45, 7) is 7.27. The molecule has 0 N–H and O–H groups in total. The van der Waals surface area contributed by atoms with E-state index in [1.165, 1.54) is 0 Å². The van der Waals surface area contributed by atoms with Gasteiger partial charge in [0, 0.05) is 4.47 Å². The minimum Gasteiger partial charge on any atom is -0.490 e. The Bertz CT molecular complexity index is 382. The Hall–Kier alpha value is -0.410. The van der Waals surface area contributed by atoms with Crippen molar-refractivity contribution in [3.63, 3.8) is 0 Å². The van der Waals surface area contributed by atoms with Crippen LogP contribution in [0.5, 0.6) is 11.5 Å². The van der Waals surface area contributed by atoms with Crippen molar-refractivity contribution in [2.45, 2.75) is 39.0 Å². The lowest BCUT2D eigenvalue weighted by Crippen LogP contribution is -2.01. The maximum Gasteiger partial charge on any atom is 0.162 e. The van der Waals surface area contributed by atoms with Gasteiger partial charge in [-0.15, -0.1) is 11.6 Å². The van der Waals surface area contributed by atoms with Crippen LogP contribution in [0.2, 0.25) is 0 Å². The highest BCUT2D eigenvalue weighted by atomic mass is 79.9. The van der Waals surface area contributed by atoms with Crippen molar-refractivity contribution in [3.05, 3.63) is 22.2 Å². The predicted molar refractivity (Wildman–Crippen MR) is 80.0 cm³/mol. The van der Waals surface area contributed by atoms with E-state index >= 15 is 0 Å². The molecule has 2 nitrogen and oxygen atoms in total. The second kappa shape index (κ2) is 7.90. The highest BCUT2D eigenvalue weighted by Gasteiger charge is 2.16. The third-order valence-corrected chi connectivity index (χ3v) is 3.68. The molecule has 0 spiro atoms. The number of rotatable bonds is 7. The maximum atomic E-state index is 6.39. The second-order valence-electron chi connectivity index (χ2n) is 3.94. The smallest absolute Gasteiger partial charge is 0.162 e. The van der Waals surface area contributed by atoms with Gasteiger partial charge in [0.25, 0.3) is 0 Å². The van der Waals surface area contributed by atoms with Crippen molar-refractivity contribution in [1.82, 2.24) is 0 Å². The lowest BCUT2D eigenvalue weighted by Gasteiger charge is -2.16. The molecule has 102 valence electrons. The summed E-state index contributed by atoms with van der Waals surface area (Å²) in [5, 5.41) is -0.000687. The van der Waals surface area contributed by atoms with Crippen LogP contribution >= 0.6 is 27.5 Å². The van der Waals surface area contributed by atoms with E-state index in [4.69, 9.17) is 21.1 Å². The number of ether oxygens (including phenoxy) is 2. The number of alkyl halides is 1. The van der Waals surface area contributed by atoms with Gasteiger partial charge in [0.05, 0.1) is 18.6 Å². The number of hydrogen-bond acceptors (Lipinski definition) is 2. The summed E-state index contributed by atoms with van der Waals surface area (Å²) < 4.78 is 12.2. The summed E-state index contributed by atoms with van der Waals surface area (Å²) in [4.78, 5) is 0. The van der Waals surface area contributed by atoms with Gasteiger partial charge in [-0.2, -0.15) is 0 Å². The highest BCUT2D eigenvalue weighted by molar-refractivity contribution is 9.10. The van der Waals surface area contributed by atoms with Gasteiger partial charge >= 0.3 is 0 Å². The Kier molecular flexibility index (Phi) is 6.87. The molecule has 0 saturated heterocycles. The normalized spacial score (nSPS) is 12.3. The molecule has 0 saturated carbocycles. The molecule has 0 aliphatic heterocycles. The monoisotopic (exact) mass is 334 g/mol. The van der Waals surface area contributed by atoms with E-state index in [-0.39, 0.29) is 5.38 Å². The van der Waals surface area contributed by atoms with E-state index in [1.807, 2.05) is 26.0 Å². The minimum absolute atomic E-state index is 0.000687. The highest BCUT2D eigenvalue weighted by Crippen LogP contribution is 2.39. The van der Waals surface area contributed by atoms with E-state index in [0.29, 0.717) is 13.2 Å². The van der Waals surface area contributed by atoms with Gasteiger partial charge in [-0.1, -0.05) is 29.3 Å². The van der Waals surface area contributed by atoms with Crippen LogP contribution in [-0.4, -0.2) is 13.2 Å². The van der Waals surface area contributed by atoms with Gasteiger partial charge in [0.15, 0.2) is 11.5 Å². The summed E-state index contributed by atoms with van der Waals surface area (Å²) in [6, 6.07) is 3.92. The molecular weight excluding hydrogens is 316 g/mol.